The van der Waals surface area contributed by atoms with Crippen LogP contribution < -0.4 is 5.69 Å². The second-order valence-electron chi connectivity index (χ2n) is 4.01. The van der Waals surface area contributed by atoms with Crippen LogP contribution in [-0.2, 0) is 0 Å². The van der Waals surface area contributed by atoms with Gasteiger partial charge in [-0.05, 0) is 49.9 Å². The van der Waals surface area contributed by atoms with Gasteiger partial charge in [-0.15, -0.1) is 5.10 Å². The summed E-state index contributed by atoms with van der Waals surface area (Å²) in [5.74, 6) is 0. The maximum atomic E-state index is 11.6. The van der Waals surface area contributed by atoms with Crippen molar-refractivity contribution in [2.75, 3.05) is 0 Å². The van der Waals surface area contributed by atoms with E-state index in [4.69, 9.17) is 5.26 Å². The Morgan fingerprint density at radius 3 is 2.61 bits per heavy atom. The summed E-state index contributed by atoms with van der Waals surface area (Å²) in [6, 6.07) is 9.28. The molecule has 1 heterocycles. The number of H-pyrrole nitrogens is 1. The summed E-state index contributed by atoms with van der Waals surface area (Å²) in [6.07, 6.45) is 0. The molecule has 0 fully saturated rings. The first kappa shape index (κ1) is 12.5. The van der Waals surface area contributed by atoms with Crippen molar-refractivity contribution in [2.24, 2.45) is 0 Å². The molecule has 1 aromatic heterocycles. The lowest BCUT2D eigenvalue weighted by Gasteiger charge is -2.08. The molecule has 0 bridgehead atoms. The van der Waals surface area contributed by atoms with Gasteiger partial charge in [-0.25, -0.2) is 9.89 Å². The topological polar surface area (TPSA) is 74.5 Å². The summed E-state index contributed by atoms with van der Waals surface area (Å²) in [6.45, 7) is 3.86. The zero-order valence-electron chi connectivity index (χ0n) is 10.0. The van der Waals surface area contributed by atoms with Crippen LogP contribution in [0.4, 0.5) is 0 Å². The molecule has 0 aliphatic carbocycles. The molecule has 0 atom stereocenters. The summed E-state index contributed by atoms with van der Waals surface area (Å²) in [5.41, 5.74) is 0.406. The molecule has 0 aliphatic rings. The molecule has 0 saturated heterocycles. The van der Waals surface area contributed by atoms with E-state index >= 15 is 0 Å². The fourth-order valence-electron chi connectivity index (χ4n) is 1.52. The van der Waals surface area contributed by atoms with Gasteiger partial charge >= 0.3 is 5.69 Å². The average molecular weight is 260 g/mol. The highest BCUT2D eigenvalue weighted by atomic mass is 32.2. The fraction of sp³-hybridized carbons (Fsp3) is 0.250. The number of rotatable bonds is 3. The van der Waals surface area contributed by atoms with Crippen molar-refractivity contribution in [2.45, 2.75) is 29.9 Å². The number of nitriles is 1. The van der Waals surface area contributed by atoms with E-state index in [-0.39, 0.29) is 11.7 Å². The highest BCUT2D eigenvalue weighted by molar-refractivity contribution is 7.99. The predicted molar refractivity (Wildman–Crippen MR) is 68.5 cm³/mol. The maximum absolute atomic E-state index is 11.6. The van der Waals surface area contributed by atoms with Crippen LogP contribution in [0.5, 0.6) is 0 Å². The molecule has 18 heavy (non-hydrogen) atoms. The SMILES string of the molecule is CC(C)n1c(Sc2ccc(C#N)cc2)n[nH]c1=O. The third kappa shape index (κ3) is 2.46. The normalized spacial score (nSPS) is 10.6. The molecule has 0 saturated carbocycles. The van der Waals surface area contributed by atoms with Crippen molar-refractivity contribution in [3.8, 4) is 6.07 Å². The molecule has 92 valence electrons. The predicted octanol–water partition coefficient (Wildman–Crippen LogP) is 2.18. The van der Waals surface area contributed by atoms with Crippen LogP contribution in [0.1, 0.15) is 25.5 Å². The molecule has 0 radical (unpaired) electrons. The number of aromatic amines is 1. The van der Waals surface area contributed by atoms with Crippen LogP contribution >= 0.6 is 11.8 Å². The Balaban J connectivity index is 2.29. The van der Waals surface area contributed by atoms with E-state index in [1.807, 2.05) is 26.0 Å². The Bertz CT molecular complexity index is 633. The minimum atomic E-state index is -0.207. The Hall–Kier alpha value is -2.00. The smallest absolute Gasteiger partial charge is 0.267 e. The maximum Gasteiger partial charge on any atom is 0.344 e. The zero-order valence-corrected chi connectivity index (χ0v) is 10.9. The van der Waals surface area contributed by atoms with E-state index in [1.54, 1.807) is 16.7 Å². The molecule has 6 heteroatoms. The number of benzene rings is 1. The van der Waals surface area contributed by atoms with Gasteiger partial charge in [0.2, 0.25) is 0 Å². The Labute approximate surface area is 108 Å². The van der Waals surface area contributed by atoms with Gasteiger partial charge in [0.1, 0.15) is 0 Å². The Kier molecular flexibility index (Phi) is 3.53. The number of nitrogens with one attached hydrogen (secondary N) is 1. The summed E-state index contributed by atoms with van der Waals surface area (Å²) in [5, 5.41) is 15.8. The number of hydrogen-bond acceptors (Lipinski definition) is 4. The van der Waals surface area contributed by atoms with Crippen molar-refractivity contribution >= 4 is 11.8 Å². The highest BCUT2D eigenvalue weighted by Gasteiger charge is 2.12. The van der Waals surface area contributed by atoms with Crippen molar-refractivity contribution in [1.29, 1.82) is 5.26 Å². The second-order valence-corrected chi connectivity index (χ2v) is 5.05. The van der Waals surface area contributed by atoms with Crippen molar-refractivity contribution < 1.29 is 0 Å². The third-order valence-corrected chi connectivity index (χ3v) is 3.36. The first-order valence-electron chi connectivity index (χ1n) is 5.46. The first-order valence-corrected chi connectivity index (χ1v) is 6.28. The van der Waals surface area contributed by atoms with Gasteiger partial charge in [-0.3, -0.25) is 4.57 Å². The number of aromatic nitrogens is 3. The van der Waals surface area contributed by atoms with Crippen LogP contribution in [-0.4, -0.2) is 14.8 Å². The van der Waals surface area contributed by atoms with Crippen molar-refractivity contribution in [3.63, 3.8) is 0 Å². The van der Waals surface area contributed by atoms with Gasteiger partial charge in [0.05, 0.1) is 11.6 Å². The summed E-state index contributed by atoms with van der Waals surface area (Å²) in [7, 11) is 0. The lowest BCUT2D eigenvalue weighted by Crippen LogP contribution is -2.19. The summed E-state index contributed by atoms with van der Waals surface area (Å²) >= 11 is 1.39. The van der Waals surface area contributed by atoms with Crippen molar-refractivity contribution in [3.05, 3.63) is 40.3 Å². The van der Waals surface area contributed by atoms with Crippen LogP contribution in [0, 0.1) is 11.3 Å². The van der Waals surface area contributed by atoms with E-state index in [0.717, 1.165) is 4.90 Å². The molecule has 0 amide bonds. The first-order chi connectivity index (χ1) is 8.61. The molecular formula is C12H12N4OS. The largest absolute Gasteiger partial charge is 0.344 e. The standard InChI is InChI=1S/C12H12N4OS/c1-8(2)16-11(17)14-15-12(16)18-10-5-3-9(7-13)4-6-10/h3-6,8H,1-2H3,(H,14,17). The van der Waals surface area contributed by atoms with Crippen LogP contribution in [0.2, 0.25) is 0 Å². The molecule has 0 aliphatic heterocycles. The molecular weight excluding hydrogens is 248 g/mol. The Morgan fingerprint density at radius 2 is 2.06 bits per heavy atom. The highest BCUT2D eigenvalue weighted by Crippen LogP contribution is 2.26. The van der Waals surface area contributed by atoms with Crippen LogP contribution in [0.25, 0.3) is 0 Å². The third-order valence-electron chi connectivity index (χ3n) is 2.38. The molecule has 1 N–H and O–H groups in total. The quantitative estimate of drug-likeness (QED) is 0.917. The fourth-order valence-corrected chi connectivity index (χ4v) is 2.49. The molecule has 5 nitrogen and oxygen atoms in total. The van der Waals surface area contributed by atoms with Gasteiger partial charge in [0.25, 0.3) is 0 Å². The lowest BCUT2D eigenvalue weighted by molar-refractivity contribution is 0.534. The molecule has 2 aromatic rings. The summed E-state index contributed by atoms with van der Waals surface area (Å²) < 4.78 is 1.60. The van der Waals surface area contributed by atoms with Gasteiger partial charge in [-0.1, -0.05) is 0 Å². The number of hydrogen-bond donors (Lipinski definition) is 1. The minimum Gasteiger partial charge on any atom is -0.267 e. The number of nitrogens with zero attached hydrogens (tertiary/aromatic N) is 3. The van der Waals surface area contributed by atoms with E-state index in [0.29, 0.717) is 10.7 Å². The monoisotopic (exact) mass is 260 g/mol. The molecule has 0 spiro atoms. The van der Waals surface area contributed by atoms with E-state index in [2.05, 4.69) is 16.3 Å². The Morgan fingerprint density at radius 1 is 1.39 bits per heavy atom. The molecule has 0 unspecified atom stereocenters. The van der Waals surface area contributed by atoms with Gasteiger partial charge < -0.3 is 0 Å². The van der Waals surface area contributed by atoms with Crippen LogP contribution in [0.15, 0.2) is 39.1 Å². The second kappa shape index (κ2) is 5.10. The van der Waals surface area contributed by atoms with E-state index in [1.165, 1.54) is 11.8 Å². The summed E-state index contributed by atoms with van der Waals surface area (Å²) in [4.78, 5) is 12.5. The van der Waals surface area contributed by atoms with E-state index in [9.17, 15) is 4.79 Å². The van der Waals surface area contributed by atoms with Gasteiger partial charge in [0.15, 0.2) is 5.16 Å². The lowest BCUT2D eigenvalue weighted by atomic mass is 10.2. The average Bonchev–Trinajstić information content (AvgIpc) is 2.71. The molecule has 1 aromatic carbocycles. The van der Waals surface area contributed by atoms with Crippen molar-refractivity contribution in [1.82, 2.24) is 14.8 Å². The van der Waals surface area contributed by atoms with Gasteiger partial charge in [0, 0.05) is 10.9 Å². The van der Waals surface area contributed by atoms with Crippen LogP contribution in [0.3, 0.4) is 0 Å². The van der Waals surface area contributed by atoms with Gasteiger partial charge in [-0.2, -0.15) is 5.26 Å². The minimum absolute atomic E-state index is 0.0529. The molecule has 2 rings (SSSR count). The van der Waals surface area contributed by atoms with E-state index < -0.39 is 0 Å². The zero-order chi connectivity index (χ0) is 13.1.